The first kappa shape index (κ1) is 15.4. The number of nitriles is 1. The van der Waals surface area contributed by atoms with E-state index in [1.165, 1.54) is 11.8 Å². The number of rotatable bonds is 6. The number of pyridine rings is 1. The van der Waals surface area contributed by atoms with Crippen molar-refractivity contribution in [2.75, 3.05) is 5.75 Å². The number of ketones is 1. The Hall–Kier alpha value is -2.12. The van der Waals surface area contributed by atoms with Crippen LogP contribution >= 0.6 is 11.8 Å². The molecule has 4 rings (SSSR count). The van der Waals surface area contributed by atoms with Gasteiger partial charge in [0.2, 0.25) is 0 Å². The number of nitrogens with zero attached hydrogens (tertiary/aromatic N) is 2. The second-order valence-electron chi connectivity index (χ2n) is 6.56. The zero-order valence-corrected chi connectivity index (χ0v) is 14.2. The molecular formula is C20H18N2OS. The number of carbonyl (C=O) groups is 1. The topological polar surface area (TPSA) is 53.8 Å². The summed E-state index contributed by atoms with van der Waals surface area (Å²) in [6.07, 6.45) is 4.38. The van der Waals surface area contributed by atoms with Gasteiger partial charge in [0.25, 0.3) is 0 Å². The molecule has 2 saturated carbocycles. The number of benzene rings is 1. The average Bonchev–Trinajstić information content (AvgIpc) is 3.51. The van der Waals surface area contributed by atoms with Crippen molar-refractivity contribution in [3.05, 3.63) is 47.7 Å². The van der Waals surface area contributed by atoms with E-state index in [1.54, 1.807) is 0 Å². The summed E-state index contributed by atoms with van der Waals surface area (Å²) >= 11 is 1.43. The van der Waals surface area contributed by atoms with Crippen molar-refractivity contribution >= 4 is 17.5 Å². The first-order valence-electron chi connectivity index (χ1n) is 8.42. The van der Waals surface area contributed by atoms with Gasteiger partial charge >= 0.3 is 0 Å². The van der Waals surface area contributed by atoms with Gasteiger partial charge in [-0.3, -0.25) is 4.79 Å². The van der Waals surface area contributed by atoms with Gasteiger partial charge in [-0.15, -0.1) is 0 Å². The van der Waals surface area contributed by atoms with Crippen LogP contribution in [0.15, 0.2) is 41.4 Å². The third kappa shape index (κ3) is 3.22. The Kier molecular flexibility index (Phi) is 4.12. The molecule has 3 nitrogen and oxygen atoms in total. The number of aromatic nitrogens is 1. The Bertz CT molecular complexity index is 818. The lowest BCUT2D eigenvalue weighted by Gasteiger charge is -2.12. The molecule has 1 aromatic carbocycles. The molecule has 4 heteroatoms. The lowest BCUT2D eigenvalue weighted by Crippen LogP contribution is -2.05. The molecular weight excluding hydrogens is 316 g/mol. The lowest BCUT2D eigenvalue weighted by molar-refractivity contribution is -0.117. The van der Waals surface area contributed by atoms with E-state index >= 15 is 0 Å². The SMILES string of the molecule is N#Cc1c(-c2ccccc2)cc(C2CC2)nc1SCC(=O)C1CC1. The molecule has 0 atom stereocenters. The molecule has 0 radical (unpaired) electrons. The van der Waals surface area contributed by atoms with Crippen LogP contribution in [0.1, 0.15) is 42.9 Å². The minimum Gasteiger partial charge on any atom is -0.298 e. The van der Waals surface area contributed by atoms with Crippen LogP contribution in [0.3, 0.4) is 0 Å². The van der Waals surface area contributed by atoms with Crippen LogP contribution in [0.2, 0.25) is 0 Å². The zero-order valence-electron chi connectivity index (χ0n) is 13.4. The minimum absolute atomic E-state index is 0.253. The van der Waals surface area contributed by atoms with Gasteiger partial charge in [0.15, 0.2) is 0 Å². The van der Waals surface area contributed by atoms with Gasteiger partial charge < -0.3 is 0 Å². The standard InChI is InChI=1S/C20H18N2OS/c21-11-17-16(13-4-2-1-3-5-13)10-18(14-6-7-14)22-20(17)24-12-19(23)15-8-9-15/h1-5,10,14-15H,6-9,12H2. The highest BCUT2D eigenvalue weighted by Gasteiger charge is 2.30. The van der Waals surface area contributed by atoms with E-state index in [9.17, 15) is 10.1 Å². The molecule has 24 heavy (non-hydrogen) atoms. The Labute approximate surface area is 146 Å². The van der Waals surface area contributed by atoms with E-state index in [0.29, 0.717) is 23.0 Å². The van der Waals surface area contributed by atoms with Crippen molar-refractivity contribution in [3.63, 3.8) is 0 Å². The summed E-state index contributed by atoms with van der Waals surface area (Å²) in [4.78, 5) is 16.8. The van der Waals surface area contributed by atoms with Gasteiger partial charge in [0.1, 0.15) is 16.9 Å². The molecule has 2 fully saturated rings. The van der Waals surface area contributed by atoms with Gasteiger partial charge in [-0.1, -0.05) is 42.1 Å². The van der Waals surface area contributed by atoms with E-state index in [2.05, 4.69) is 12.1 Å². The van der Waals surface area contributed by atoms with Crippen LogP contribution in [0.5, 0.6) is 0 Å². The highest BCUT2D eigenvalue weighted by molar-refractivity contribution is 8.00. The normalized spacial score (nSPS) is 16.6. The van der Waals surface area contributed by atoms with E-state index in [0.717, 1.165) is 47.5 Å². The van der Waals surface area contributed by atoms with Crippen LogP contribution in [-0.4, -0.2) is 16.5 Å². The second kappa shape index (κ2) is 6.41. The Morgan fingerprint density at radius 1 is 1.21 bits per heavy atom. The fraction of sp³-hybridized carbons (Fsp3) is 0.350. The molecule has 0 amide bonds. The number of hydrogen-bond acceptors (Lipinski definition) is 4. The van der Waals surface area contributed by atoms with Crippen LogP contribution in [0.4, 0.5) is 0 Å². The summed E-state index contributed by atoms with van der Waals surface area (Å²) in [7, 11) is 0. The largest absolute Gasteiger partial charge is 0.298 e. The van der Waals surface area contributed by atoms with Crippen molar-refractivity contribution in [2.45, 2.75) is 36.6 Å². The third-order valence-electron chi connectivity index (χ3n) is 4.58. The van der Waals surface area contributed by atoms with Crippen molar-refractivity contribution in [2.24, 2.45) is 5.92 Å². The number of hydrogen-bond donors (Lipinski definition) is 0. The van der Waals surface area contributed by atoms with Gasteiger partial charge in [0.05, 0.1) is 11.3 Å². The summed E-state index contributed by atoms with van der Waals surface area (Å²) in [5, 5.41) is 10.4. The monoisotopic (exact) mass is 334 g/mol. The van der Waals surface area contributed by atoms with Crippen LogP contribution < -0.4 is 0 Å². The van der Waals surface area contributed by atoms with Crippen molar-refractivity contribution in [1.29, 1.82) is 5.26 Å². The van der Waals surface area contributed by atoms with E-state index in [1.807, 2.05) is 30.3 Å². The maximum absolute atomic E-state index is 12.0. The molecule has 2 aromatic rings. The average molecular weight is 334 g/mol. The first-order valence-corrected chi connectivity index (χ1v) is 9.41. The van der Waals surface area contributed by atoms with Crippen molar-refractivity contribution < 1.29 is 4.79 Å². The van der Waals surface area contributed by atoms with E-state index in [4.69, 9.17) is 4.98 Å². The van der Waals surface area contributed by atoms with E-state index < -0.39 is 0 Å². The molecule has 0 bridgehead atoms. The van der Waals surface area contributed by atoms with Gasteiger partial charge in [-0.25, -0.2) is 4.98 Å². The maximum Gasteiger partial charge on any atom is 0.146 e. The zero-order chi connectivity index (χ0) is 16.5. The number of thioether (sulfide) groups is 1. The fourth-order valence-corrected chi connectivity index (χ4v) is 3.83. The predicted octanol–water partition coefficient (Wildman–Crippen LogP) is 4.57. The minimum atomic E-state index is 0.253. The van der Waals surface area contributed by atoms with Crippen LogP contribution in [0, 0.1) is 17.2 Å². The molecule has 1 heterocycles. The fourth-order valence-electron chi connectivity index (χ4n) is 2.85. The summed E-state index contributed by atoms with van der Waals surface area (Å²) in [5.74, 6) is 1.49. The highest BCUT2D eigenvalue weighted by Crippen LogP contribution is 2.42. The summed E-state index contributed by atoms with van der Waals surface area (Å²) < 4.78 is 0. The molecule has 0 spiro atoms. The molecule has 2 aliphatic carbocycles. The third-order valence-corrected chi connectivity index (χ3v) is 5.58. The predicted molar refractivity (Wildman–Crippen MR) is 94.8 cm³/mol. The van der Waals surface area contributed by atoms with Gasteiger partial charge in [-0.05, 0) is 37.3 Å². The Balaban J connectivity index is 1.72. The first-order chi connectivity index (χ1) is 11.8. The van der Waals surface area contributed by atoms with Crippen molar-refractivity contribution in [1.82, 2.24) is 4.98 Å². The molecule has 0 N–H and O–H groups in total. The van der Waals surface area contributed by atoms with Gasteiger partial charge in [0, 0.05) is 23.1 Å². The Morgan fingerprint density at radius 2 is 1.96 bits per heavy atom. The van der Waals surface area contributed by atoms with Crippen molar-refractivity contribution in [3.8, 4) is 17.2 Å². The maximum atomic E-state index is 12.0. The van der Waals surface area contributed by atoms with Crippen LogP contribution in [0.25, 0.3) is 11.1 Å². The highest BCUT2D eigenvalue weighted by atomic mass is 32.2. The van der Waals surface area contributed by atoms with Crippen LogP contribution in [-0.2, 0) is 4.79 Å². The number of carbonyl (C=O) groups excluding carboxylic acids is 1. The molecule has 0 aliphatic heterocycles. The molecule has 120 valence electrons. The Morgan fingerprint density at radius 3 is 2.58 bits per heavy atom. The molecule has 2 aliphatic rings. The quantitative estimate of drug-likeness (QED) is 0.726. The van der Waals surface area contributed by atoms with Gasteiger partial charge in [-0.2, -0.15) is 5.26 Å². The lowest BCUT2D eigenvalue weighted by atomic mass is 10.0. The molecule has 0 unspecified atom stereocenters. The molecule has 0 saturated heterocycles. The number of Topliss-reactive ketones (excluding diaryl/α,β-unsaturated/α-hetero) is 1. The second-order valence-corrected chi connectivity index (χ2v) is 7.52. The van der Waals surface area contributed by atoms with E-state index in [-0.39, 0.29) is 5.92 Å². The summed E-state index contributed by atoms with van der Waals surface area (Å²) in [6, 6.07) is 14.4. The summed E-state index contributed by atoms with van der Waals surface area (Å²) in [5.41, 5.74) is 3.64. The smallest absolute Gasteiger partial charge is 0.146 e. The molecule has 1 aromatic heterocycles. The summed E-state index contributed by atoms with van der Waals surface area (Å²) in [6.45, 7) is 0.